The molecular weight excluding hydrogens is 208 g/mol. The number of carboxylic acid groups (broad SMARTS) is 1. The lowest BCUT2D eigenvalue weighted by Crippen LogP contribution is -2.48. The Kier molecular flexibility index (Phi) is 4.73. The van der Waals surface area contributed by atoms with E-state index >= 15 is 0 Å². The van der Waals surface area contributed by atoms with E-state index in [-0.39, 0.29) is 11.8 Å². The first-order valence-corrected chi connectivity index (χ1v) is 5.78. The summed E-state index contributed by atoms with van der Waals surface area (Å²) in [6.45, 7) is 2.92. The molecule has 1 aliphatic rings. The maximum absolute atomic E-state index is 11.9. The number of aliphatic carboxylic acids is 1. The fourth-order valence-corrected chi connectivity index (χ4v) is 1.99. The zero-order valence-corrected chi connectivity index (χ0v) is 9.69. The molecule has 0 saturated carbocycles. The Hall–Kier alpha value is -1.10. The second-order valence-corrected chi connectivity index (χ2v) is 4.48. The average molecular weight is 228 g/mol. The van der Waals surface area contributed by atoms with Gasteiger partial charge in [-0.15, -0.1) is 0 Å². The second kappa shape index (κ2) is 5.84. The molecule has 1 fully saturated rings. The van der Waals surface area contributed by atoms with Crippen LogP contribution in [0.3, 0.4) is 0 Å². The van der Waals surface area contributed by atoms with Crippen molar-refractivity contribution in [3.63, 3.8) is 0 Å². The highest BCUT2D eigenvalue weighted by molar-refractivity contribution is 5.84. The maximum atomic E-state index is 11.9. The highest BCUT2D eigenvalue weighted by Crippen LogP contribution is 2.19. The van der Waals surface area contributed by atoms with Crippen molar-refractivity contribution >= 4 is 11.9 Å². The number of carboxylic acids is 1. The third-order valence-electron chi connectivity index (χ3n) is 3.03. The summed E-state index contributed by atoms with van der Waals surface area (Å²) < 4.78 is 0. The standard InChI is InChI=1S/C11H20N2O3/c1-8(7-12)6-10(14)13-5-3-2-4-9(13)11(15)16/h8-9H,2-7,12H2,1H3,(H,15,16)/t8?,9-/m0/s1. The van der Waals surface area contributed by atoms with E-state index in [1.807, 2.05) is 6.92 Å². The van der Waals surface area contributed by atoms with Crippen LogP contribution < -0.4 is 5.73 Å². The summed E-state index contributed by atoms with van der Waals surface area (Å²) in [5.74, 6) is -0.859. The molecule has 0 aromatic heterocycles. The first-order chi connectivity index (χ1) is 7.56. The van der Waals surface area contributed by atoms with E-state index in [9.17, 15) is 9.59 Å². The van der Waals surface area contributed by atoms with E-state index in [0.717, 1.165) is 12.8 Å². The summed E-state index contributed by atoms with van der Waals surface area (Å²) in [6.07, 6.45) is 2.69. The number of likely N-dealkylation sites (tertiary alicyclic amines) is 1. The van der Waals surface area contributed by atoms with Crippen LogP contribution in [0, 0.1) is 5.92 Å². The zero-order chi connectivity index (χ0) is 12.1. The minimum absolute atomic E-state index is 0.0787. The fourth-order valence-electron chi connectivity index (χ4n) is 1.99. The molecule has 0 aromatic carbocycles. The summed E-state index contributed by atoms with van der Waals surface area (Å²) in [6, 6.07) is -0.633. The number of carbonyl (C=O) groups is 2. The van der Waals surface area contributed by atoms with Crippen LogP contribution in [0.25, 0.3) is 0 Å². The van der Waals surface area contributed by atoms with Crippen molar-refractivity contribution in [1.82, 2.24) is 4.90 Å². The lowest BCUT2D eigenvalue weighted by Gasteiger charge is -2.33. The molecular formula is C11H20N2O3. The number of rotatable bonds is 4. The normalized spacial score (nSPS) is 22.9. The van der Waals surface area contributed by atoms with Crippen LogP contribution in [0.1, 0.15) is 32.6 Å². The molecule has 0 bridgehead atoms. The number of hydrogen-bond acceptors (Lipinski definition) is 3. The molecule has 5 nitrogen and oxygen atoms in total. The average Bonchev–Trinajstić information content (AvgIpc) is 2.28. The molecule has 1 aliphatic heterocycles. The van der Waals surface area contributed by atoms with Crippen LogP contribution in [-0.4, -0.2) is 41.0 Å². The maximum Gasteiger partial charge on any atom is 0.326 e. The first kappa shape index (κ1) is 13.0. The van der Waals surface area contributed by atoms with Gasteiger partial charge in [0.25, 0.3) is 0 Å². The van der Waals surface area contributed by atoms with Gasteiger partial charge >= 0.3 is 5.97 Å². The number of carbonyl (C=O) groups excluding carboxylic acids is 1. The molecule has 92 valence electrons. The Morgan fingerprint density at radius 3 is 2.75 bits per heavy atom. The van der Waals surface area contributed by atoms with Gasteiger partial charge in [-0.25, -0.2) is 4.79 Å². The second-order valence-electron chi connectivity index (χ2n) is 4.48. The molecule has 1 heterocycles. The van der Waals surface area contributed by atoms with Gasteiger partial charge in [0, 0.05) is 13.0 Å². The van der Waals surface area contributed by atoms with Gasteiger partial charge < -0.3 is 15.7 Å². The summed E-state index contributed by atoms with van der Waals surface area (Å²) in [4.78, 5) is 24.4. The van der Waals surface area contributed by atoms with Crippen LogP contribution in [0.15, 0.2) is 0 Å². The molecule has 0 spiro atoms. The number of piperidine rings is 1. The Morgan fingerprint density at radius 1 is 1.50 bits per heavy atom. The van der Waals surface area contributed by atoms with Crippen molar-refractivity contribution in [2.75, 3.05) is 13.1 Å². The van der Waals surface area contributed by atoms with Crippen LogP contribution in [0.4, 0.5) is 0 Å². The predicted molar refractivity (Wildman–Crippen MR) is 59.8 cm³/mol. The van der Waals surface area contributed by atoms with Gasteiger partial charge in [-0.1, -0.05) is 6.92 Å². The number of hydrogen-bond donors (Lipinski definition) is 2. The number of nitrogens with zero attached hydrogens (tertiary/aromatic N) is 1. The third-order valence-corrected chi connectivity index (χ3v) is 3.03. The lowest BCUT2D eigenvalue weighted by atomic mass is 10.00. The van der Waals surface area contributed by atoms with Gasteiger partial charge in [0.05, 0.1) is 0 Å². The molecule has 16 heavy (non-hydrogen) atoms. The van der Waals surface area contributed by atoms with Crippen molar-refractivity contribution in [3.8, 4) is 0 Å². The smallest absolute Gasteiger partial charge is 0.326 e. The van der Waals surface area contributed by atoms with Crippen LogP contribution in [0.5, 0.6) is 0 Å². The fraction of sp³-hybridized carbons (Fsp3) is 0.818. The topological polar surface area (TPSA) is 83.6 Å². The number of amides is 1. The molecule has 1 amide bonds. The van der Waals surface area contributed by atoms with Gasteiger partial charge in [-0.05, 0) is 31.7 Å². The Bertz CT molecular complexity index is 268. The molecule has 1 rings (SSSR count). The molecule has 1 saturated heterocycles. The monoisotopic (exact) mass is 228 g/mol. The van der Waals surface area contributed by atoms with Crippen molar-refractivity contribution in [2.45, 2.75) is 38.6 Å². The quantitative estimate of drug-likeness (QED) is 0.731. The Balaban J connectivity index is 2.60. The van der Waals surface area contributed by atoms with Crippen LogP contribution in [-0.2, 0) is 9.59 Å². The zero-order valence-electron chi connectivity index (χ0n) is 9.69. The van der Waals surface area contributed by atoms with Crippen LogP contribution >= 0.6 is 0 Å². The molecule has 0 radical (unpaired) electrons. The minimum Gasteiger partial charge on any atom is -0.480 e. The highest BCUT2D eigenvalue weighted by Gasteiger charge is 2.31. The van der Waals surface area contributed by atoms with E-state index in [1.165, 1.54) is 4.90 Å². The molecule has 0 aliphatic carbocycles. The van der Waals surface area contributed by atoms with Gasteiger partial charge in [-0.3, -0.25) is 4.79 Å². The lowest BCUT2D eigenvalue weighted by molar-refractivity contribution is -0.152. The largest absolute Gasteiger partial charge is 0.480 e. The highest BCUT2D eigenvalue weighted by atomic mass is 16.4. The van der Waals surface area contributed by atoms with Crippen LogP contribution in [0.2, 0.25) is 0 Å². The Labute approximate surface area is 95.6 Å². The first-order valence-electron chi connectivity index (χ1n) is 5.78. The van der Waals surface area contributed by atoms with E-state index in [1.54, 1.807) is 0 Å². The molecule has 3 N–H and O–H groups in total. The summed E-state index contributed by atoms with van der Waals surface area (Å²) in [5, 5.41) is 9.03. The van der Waals surface area contributed by atoms with Crippen molar-refractivity contribution in [3.05, 3.63) is 0 Å². The van der Waals surface area contributed by atoms with Gasteiger partial charge in [0.2, 0.25) is 5.91 Å². The van der Waals surface area contributed by atoms with Crippen molar-refractivity contribution < 1.29 is 14.7 Å². The summed E-state index contributed by atoms with van der Waals surface area (Å²) >= 11 is 0. The molecule has 2 atom stereocenters. The van der Waals surface area contributed by atoms with Crippen molar-refractivity contribution in [2.24, 2.45) is 11.7 Å². The molecule has 5 heteroatoms. The summed E-state index contributed by atoms with van der Waals surface area (Å²) in [7, 11) is 0. The number of nitrogens with two attached hydrogens (primary N) is 1. The van der Waals surface area contributed by atoms with E-state index < -0.39 is 12.0 Å². The van der Waals surface area contributed by atoms with Gasteiger partial charge in [0.1, 0.15) is 6.04 Å². The van der Waals surface area contributed by atoms with Gasteiger partial charge in [-0.2, -0.15) is 0 Å². The van der Waals surface area contributed by atoms with E-state index in [4.69, 9.17) is 10.8 Å². The van der Waals surface area contributed by atoms with Crippen molar-refractivity contribution in [1.29, 1.82) is 0 Å². The molecule has 1 unspecified atom stereocenters. The minimum atomic E-state index is -0.895. The predicted octanol–water partition coefficient (Wildman–Crippen LogP) is 0.437. The third kappa shape index (κ3) is 3.20. The molecule has 0 aromatic rings. The summed E-state index contributed by atoms with van der Waals surface area (Å²) in [5.41, 5.74) is 5.46. The van der Waals surface area contributed by atoms with Gasteiger partial charge in [0.15, 0.2) is 0 Å². The van der Waals surface area contributed by atoms with E-state index in [0.29, 0.717) is 25.9 Å². The SMILES string of the molecule is CC(CN)CC(=O)N1CCCC[C@H]1C(=O)O. The van der Waals surface area contributed by atoms with E-state index in [2.05, 4.69) is 0 Å². The Morgan fingerprint density at radius 2 is 2.19 bits per heavy atom.